The van der Waals surface area contributed by atoms with Gasteiger partial charge in [-0.05, 0) is 16.9 Å². The summed E-state index contributed by atoms with van der Waals surface area (Å²) in [7, 11) is 0. The first-order chi connectivity index (χ1) is 3.39. The van der Waals surface area contributed by atoms with Gasteiger partial charge in [-0.15, -0.1) is 0 Å². The van der Waals surface area contributed by atoms with Crippen molar-refractivity contribution in [1.29, 1.82) is 0 Å². The molecule has 0 unspecified atom stereocenters. The Balaban J connectivity index is 0.000000490. The summed E-state index contributed by atoms with van der Waals surface area (Å²) in [5, 5.41) is 0. The van der Waals surface area contributed by atoms with E-state index in [0.717, 1.165) is 5.92 Å². The summed E-state index contributed by atoms with van der Waals surface area (Å²) in [4.78, 5) is 0. The predicted octanol–water partition coefficient (Wildman–Crippen LogP) is 1.13. The molecular weight excluding hydrogens is 112 g/mol. The van der Waals surface area contributed by atoms with Crippen molar-refractivity contribution in [2.24, 2.45) is 5.92 Å². The van der Waals surface area contributed by atoms with Crippen molar-refractivity contribution >= 4 is 11.0 Å². The second-order valence-corrected chi connectivity index (χ2v) is 2.74. The lowest BCUT2D eigenvalue weighted by Crippen LogP contribution is -1.99. The zero-order valence-corrected chi connectivity index (χ0v) is 5.11. The number of rotatable bonds is 0. The molecule has 0 spiro atoms. The van der Waals surface area contributed by atoms with Crippen LogP contribution < -0.4 is 0 Å². The molecule has 1 aliphatic rings. The van der Waals surface area contributed by atoms with E-state index >= 15 is 0 Å². The van der Waals surface area contributed by atoms with Crippen molar-refractivity contribution in [1.82, 2.24) is 0 Å². The SMILES string of the molecule is CC1CCCCC1.[SiH4]. The van der Waals surface area contributed by atoms with E-state index in [1.165, 1.54) is 32.1 Å². The third kappa shape index (κ3) is 2.51. The molecule has 1 rings (SSSR count). The van der Waals surface area contributed by atoms with E-state index in [1.807, 2.05) is 0 Å². The van der Waals surface area contributed by atoms with E-state index in [2.05, 4.69) is 6.92 Å². The summed E-state index contributed by atoms with van der Waals surface area (Å²) >= 11 is 0. The molecule has 0 aromatic carbocycles. The molecule has 0 aromatic rings. The largest absolute Gasteiger partial charge is 0.0625 e. The normalized spacial score (nSPS) is 22.1. The highest BCUT2D eigenvalue weighted by Crippen LogP contribution is 2.21. The molecule has 0 saturated heterocycles. The van der Waals surface area contributed by atoms with Gasteiger partial charge in [-0.3, -0.25) is 0 Å². The van der Waals surface area contributed by atoms with Gasteiger partial charge in [-0.25, -0.2) is 0 Å². The Morgan fingerprint density at radius 1 is 1.00 bits per heavy atom. The van der Waals surface area contributed by atoms with E-state index in [1.54, 1.807) is 0 Å². The fraction of sp³-hybridized carbons (Fsp3) is 1.00. The number of hydrogen-bond acceptors (Lipinski definition) is 0. The van der Waals surface area contributed by atoms with Crippen LogP contribution >= 0.6 is 0 Å². The van der Waals surface area contributed by atoms with Gasteiger partial charge in [0.2, 0.25) is 0 Å². The molecule has 1 saturated carbocycles. The third-order valence-electron chi connectivity index (χ3n) is 1.89. The van der Waals surface area contributed by atoms with Crippen molar-refractivity contribution in [3.05, 3.63) is 0 Å². The van der Waals surface area contributed by atoms with Crippen LogP contribution in [0, 0.1) is 5.92 Å². The molecule has 0 bridgehead atoms. The third-order valence-corrected chi connectivity index (χ3v) is 1.89. The topological polar surface area (TPSA) is 0 Å². The van der Waals surface area contributed by atoms with Crippen LogP contribution in [0.3, 0.4) is 0 Å². The van der Waals surface area contributed by atoms with E-state index in [9.17, 15) is 0 Å². The maximum Gasteiger partial charge on any atom is -0.0149 e. The fourth-order valence-electron chi connectivity index (χ4n) is 1.31. The first-order valence-corrected chi connectivity index (χ1v) is 3.39. The van der Waals surface area contributed by atoms with Gasteiger partial charge in [0.05, 0.1) is 0 Å². The standard InChI is InChI=1S/C7H14.H4Si/c1-7-5-3-2-4-6-7;/h7H,2-6H2,1H3;1H4. The molecule has 0 atom stereocenters. The lowest BCUT2D eigenvalue weighted by molar-refractivity contribution is 0.385. The predicted molar refractivity (Wildman–Crippen MR) is 43.6 cm³/mol. The summed E-state index contributed by atoms with van der Waals surface area (Å²) in [6.07, 6.45) is 7.44. The summed E-state index contributed by atoms with van der Waals surface area (Å²) in [6.45, 7) is 2.36. The minimum atomic E-state index is 0. The van der Waals surface area contributed by atoms with Crippen LogP contribution in [-0.2, 0) is 0 Å². The Hall–Kier alpha value is 0.217. The van der Waals surface area contributed by atoms with Crippen LogP contribution in [0.2, 0.25) is 0 Å². The molecule has 0 nitrogen and oxygen atoms in total. The van der Waals surface area contributed by atoms with E-state index in [4.69, 9.17) is 0 Å². The Labute approximate surface area is 56.7 Å². The first-order valence-electron chi connectivity index (χ1n) is 3.39. The van der Waals surface area contributed by atoms with Crippen LogP contribution in [0.4, 0.5) is 0 Å². The lowest BCUT2D eigenvalue weighted by Gasteiger charge is -2.15. The maximum atomic E-state index is 2.36. The number of hydrogen-bond donors (Lipinski definition) is 0. The lowest BCUT2D eigenvalue weighted by atomic mass is 9.91. The molecule has 0 aliphatic heterocycles. The van der Waals surface area contributed by atoms with Gasteiger partial charge in [-0.2, -0.15) is 0 Å². The molecule has 0 amide bonds. The van der Waals surface area contributed by atoms with Crippen molar-refractivity contribution in [2.45, 2.75) is 39.0 Å². The monoisotopic (exact) mass is 130 g/mol. The summed E-state index contributed by atoms with van der Waals surface area (Å²) in [5.74, 6) is 1.04. The van der Waals surface area contributed by atoms with Gasteiger partial charge in [0.25, 0.3) is 0 Å². The molecule has 1 heteroatoms. The molecule has 0 heterocycles. The van der Waals surface area contributed by atoms with E-state index in [-0.39, 0.29) is 11.0 Å². The molecular formula is C7H18Si. The molecule has 8 heavy (non-hydrogen) atoms. The van der Waals surface area contributed by atoms with E-state index in [0.29, 0.717) is 0 Å². The maximum absolute atomic E-state index is 2.36. The van der Waals surface area contributed by atoms with Crippen LogP contribution in [0.1, 0.15) is 39.0 Å². The van der Waals surface area contributed by atoms with Crippen LogP contribution in [0.15, 0.2) is 0 Å². The van der Waals surface area contributed by atoms with Crippen molar-refractivity contribution in [2.75, 3.05) is 0 Å². The van der Waals surface area contributed by atoms with Gasteiger partial charge < -0.3 is 0 Å². The minimum absolute atomic E-state index is 0. The van der Waals surface area contributed by atoms with E-state index < -0.39 is 0 Å². The zero-order valence-electron chi connectivity index (χ0n) is 5.11. The van der Waals surface area contributed by atoms with Gasteiger partial charge in [0.1, 0.15) is 0 Å². The average Bonchev–Trinajstić information content (AvgIpc) is 1.69. The Kier molecular flexibility index (Phi) is 4.24. The highest BCUT2D eigenvalue weighted by atomic mass is 28.1. The van der Waals surface area contributed by atoms with Crippen LogP contribution in [-0.4, -0.2) is 11.0 Å². The van der Waals surface area contributed by atoms with Gasteiger partial charge in [-0.1, -0.05) is 39.0 Å². The highest BCUT2D eigenvalue weighted by molar-refractivity contribution is 5.75. The minimum Gasteiger partial charge on any atom is -0.0625 e. The molecule has 0 N–H and O–H groups in total. The van der Waals surface area contributed by atoms with Crippen molar-refractivity contribution in [3.63, 3.8) is 0 Å². The summed E-state index contributed by atoms with van der Waals surface area (Å²) in [5.41, 5.74) is 0. The van der Waals surface area contributed by atoms with Crippen molar-refractivity contribution < 1.29 is 0 Å². The first kappa shape index (κ1) is 8.22. The Morgan fingerprint density at radius 2 is 1.50 bits per heavy atom. The molecule has 50 valence electrons. The van der Waals surface area contributed by atoms with Gasteiger partial charge >= 0.3 is 0 Å². The Morgan fingerprint density at radius 3 is 1.75 bits per heavy atom. The van der Waals surface area contributed by atoms with Gasteiger partial charge in [0, 0.05) is 0 Å². The molecule has 0 aromatic heterocycles. The Bertz CT molecular complexity index is 46.3. The van der Waals surface area contributed by atoms with Crippen LogP contribution in [0.25, 0.3) is 0 Å². The fourth-order valence-corrected chi connectivity index (χ4v) is 1.31. The van der Waals surface area contributed by atoms with Crippen molar-refractivity contribution in [3.8, 4) is 0 Å². The molecule has 1 aliphatic carbocycles. The second kappa shape index (κ2) is 4.13. The second-order valence-electron chi connectivity index (χ2n) is 2.74. The average molecular weight is 130 g/mol. The molecule has 1 fully saturated rings. The molecule has 0 radical (unpaired) electrons. The quantitative estimate of drug-likeness (QED) is 0.431. The van der Waals surface area contributed by atoms with Gasteiger partial charge in [0.15, 0.2) is 0 Å². The summed E-state index contributed by atoms with van der Waals surface area (Å²) < 4.78 is 0. The van der Waals surface area contributed by atoms with Crippen LogP contribution in [0.5, 0.6) is 0 Å². The highest BCUT2D eigenvalue weighted by Gasteiger charge is 2.05. The summed E-state index contributed by atoms with van der Waals surface area (Å²) in [6, 6.07) is 0. The smallest absolute Gasteiger partial charge is 0.0149 e. The zero-order chi connectivity index (χ0) is 5.11.